The number of H-pyrrole nitrogens is 1. The van der Waals surface area contributed by atoms with Crippen LogP contribution in [0.2, 0.25) is 0 Å². The summed E-state index contributed by atoms with van der Waals surface area (Å²) in [7, 11) is 0. The fraction of sp³-hybridized carbons (Fsp3) is 0. The van der Waals surface area contributed by atoms with Gasteiger partial charge in [0.2, 0.25) is 0 Å². The first-order chi connectivity index (χ1) is 6.68. The van der Waals surface area contributed by atoms with Gasteiger partial charge in [0.1, 0.15) is 0 Å². The van der Waals surface area contributed by atoms with Crippen molar-refractivity contribution in [1.82, 2.24) is 9.97 Å². The number of fused-ring (bicyclic) bond motifs is 1. The zero-order valence-electron chi connectivity index (χ0n) is 7.24. The van der Waals surface area contributed by atoms with E-state index in [1.807, 2.05) is 0 Å². The maximum absolute atomic E-state index is 11.5. The first kappa shape index (κ1) is 8.43. The molecule has 4 N–H and O–H groups in total. The van der Waals surface area contributed by atoms with E-state index in [0.717, 1.165) is 0 Å². The van der Waals surface area contributed by atoms with E-state index < -0.39 is 0 Å². The van der Waals surface area contributed by atoms with Gasteiger partial charge in [-0.05, 0) is 12.1 Å². The topological polar surface area (TPSA) is 95.6 Å². The molecule has 0 bridgehead atoms. The number of aromatic amines is 1. The fourth-order valence-corrected chi connectivity index (χ4v) is 1.21. The van der Waals surface area contributed by atoms with Crippen LogP contribution in [0.15, 0.2) is 29.1 Å². The minimum Gasteiger partial charge on any atom is -0.381 e. The number of amidine groups is 1. The predicted molar refractivity (Wildman–Crippen MR) is 53.4 cm³/mol. The molecule has 1 aromatic heterocycles. The van der Waals surface area contributed by atoms with E-state index in [4.69, 9.17) is 11.1 Å². The van der Waals surface area contributed by atoms with Gasteiger partial charge in [0, 0.05) is 0 Å². The zero-order chi connectivity index (χ0) is 10.1. The predicted octanol–water partition coefficient (Wildman–Crippen LogP) is 0.207. The van der Waals surface area contributed by atoms with Crippen molar-refractivity contribution in [3.63, 3.8) is 0 Å². The van der Waals surface area contributed by atoms with Crippen LogP contribution in [0.25, 0.3) is 10.9 Å². The average Bonchev–Trinajstić information content (AvgIpc) is 2.17. The molecule has 0 atom stereocenters. The molecule has 2 rings (SSSR count). The third kappa shape index (κ3) is 1.24. The highest BCUT2D eigenvalue weighted by atomic mass is 16.1. The standard InChI is InChI=1S/C9H8N4O/c10-7(11)8-12-6-4-2-1-3-5(6)9(14)13-8/h1-4H,(H3,10,11)(H,12,13,14). The van der Waals surface area contributed by atoms with Gasteiger partial charge in [-0.15, -0.1) is 0 Å². The van der Waals surface area contributed by atoms with E-state index in [0.29, 0.717) is 10.9 Å². The first-order valence-corrected chi connectivity index (χ1v) is 4.02. The molecular formula is C9H8N4O. The maximum Gasteiger partial charge on any atom is 0.259 e. The number of rotatable bonds is 1. The van der Waals surface area contributed by atoms with E-state index in [-0.39, 0.29) is 17.2 Å². The smallest absolute Gasteiger partial charge is 0.259 e. The van der Waals surface area contributed by atoms with Crippen molar-refractivity contribution in [3.8, 4) is 0 Å². The molecule has 0 aliphatic carbocycles. The molecule has 0 unspecified atom stereocenters. The van der Waals surface area contributed by atoms with E-state index in [9.17, 15) is 4.79 Å². The van der Waals surface area contributed by atoms with Gasteiger partial charge in [0.15, 0.2) is 11.7 Å². The molecule has 1 aromatic carbocycles. The normalized spacial score (nSPS) is 10.3. The molecule has 0 saturated carbocycles. The van der Waals surface area contributed by atoms with Crippen molar-refractivity contribution in [2.24, 2.45) is 5.73 Å². The third-order valence-electron chi connectivity index (χ3n) is 1.87. The Balaban J connectivity index is 2.86. The number of nitrogens with two attached hydrogens (primary N) is 1. The second-order valence-corrected chi connectivity index (χ2v) is 2.85. The van der Waals surface area contributed by atoms with Gasteiger partial charge >= 0.3 is 0 Å². The Kier molecular flexibility index (Phi) is 1.78. The molecule has 2 aromatic rings. The van der Waals surface area contributed by atoms with Gasteiger partial charge in [-0.3, -0.25) is 10.2 Å². The van der Waals surface area contributed by atoms with Crippen LogP contribution in [-0.4, -0.2) is 15.8 Å². The van der Waals surface area contributed by atoms with Crippen LogP contribution in [-0.2, 0) is 0 Å². The minimum atomic E-state index is -0.277. The van der Waals surface area contributed by atoms with Crippen molar-refractivity contribution >= 4 is 16.7 Å². The summed E-state index contributed by atoms with van der Waals surface area (Å²) in [4.78, 5) is 17.9. The zero-order valence-corrected chi connectivity index (χ0v) is 7.24. The van der Waals surface area contributed by atoms with Crippen LogP contribution in [0.5, 0.6) is 0 Å². The number of hydrogen-bond donors (Lipinski definition) is 3. The molecule has 1 heterocycles. The van der Waals surface area contributed by atoms with Crippen molar-refractivity contribution < 1.29 is 0 Å². The Morgan fingerprint density at radius 3 is 2.86 bits per heavy atom. The van der Waals surface area contributed by atoms with E-state index >= 15 is 0 Å². The van der Waals surface area contributed by atoms with Gasteiger partial charge in [-0.1, -0.05) is 12.1 Å². The Bertz CT molecular complexity index is 558. The molecule has 5 nitrogen and oxygen atoms in total. The number of nitrogen functional groups attached to an aromatic ring is 1. The summed E-state index contributed by atoms with van der Waals surface area (Å²) >= 11 is 0. The van der Waals surface area contributed by atoms with Gasteiger partial charge in [-0.2, -0.15) is 0 Å². The second-order valence-electron chi connectivity index (χ2n) is 2.85. The first-order valence-electron chi connectivity index (χ1n) is 4.02. The molecule has 0 saturated heterocycles. The average molecular weight is 188 g/mol. The highest BCUT2D eigenvalue weighted by molar-refractivity contribution is 5.93. The lowest BCUT2D eigenvalue weighted by molar-refractivity contribution is 1.12. The Morgan fingerprint density at radius 2 is 2.14 bits per heavy atom. The number of nitrogens with one attached hydrogen (secondary N) is 2. The van der Waals surface area contributed by atoms with Gasteiger partial charge in [-0.25, -0.2) is 4.98 Å². The van der Waals surface area contributed by atoms with Crippen LogP contribution in [0, 0.1) is 5.41 Å². The quantitative estimate of drug-likeness (QED) is 0.440. The van der Waals surface area contributed by atoms with E-state index in [1.165, 1.54) is 0 Å². The summed E-state index contributed by atoms with van der Waals surface area (Å²) in [6.07, 6.45) is 0. The Hall–Kier alpha value is -2.17. The Labute approximate surface area is 79.1 Å². The summed E-state index contributed by atoms with van der Waals surface area (Å²) < 4.78 is 0. The highest BCUT2D eigenvalue weighted by Crippen LogP contribution is 2.04. The van der Waals surface area contributed by atoms with Crippen LogP contribution in [0.1, 0.15) is 5.82 Å². The fourth-order valence-electron chi connectivity index (χ4n) is 1.21. The van der Waals surface area contributed by atoms with E-state index in [1.54, 1.807) is 24.3 Å². The molecule has 0 spiro atoms. The summed E-state index contributed by atoms with van der Waals surface area (Å²) in [6, 6.07) is 6.91. The lowest BCUT2D eigenvalue weighted by Crippen LogP contribution is -2.21. The van der Waals surface area contributed by atoms with Crippen LogP contribution >= 0.6 is 0 Å². The van der Waals surface area contributed by atoms with Crippen molar-refractivity contribution in [1.29, 1.82) is 5.41 Å². The molecular weight excluding hydrogens is 180 g/mol. The monoisotopic (exact) mass is 188 g/mol. The molecule has 0 radical (unpaired) electrons. The van der Waals surface area contributed by atoms with Crippen molar-refractivity contribution in [3.05, 3.63) is 40.4 Å². The summed E-state index contributed by atoms with van der Waals surface area (Å²) in [5.41, 5.74) is 5.49. The van der Waals surface area contributed by atoms with Crippen molar-refractivity contribution in [2.75, 3.05) is 0 Å². The second kappa shape index (κ2) is 2.95. The van der Waals surface area contributed by atoms with Gasteiger partial charge in [0.05, 0.1) is 10.9 Å². The Morgan fingerprint density at radius 1 is 1.43 bits per heavy atom. The molecule has 0 aliphatic rings. The number of hydrogen-bond acceptors (Lipinski definition) is 3. The van der Waals surface area contributed by atoms with Crippen LogP contribution < -0.4 is 11.3 Å². The number of aromatic nitrogens is 2. The maximum atomic E-state index is 11.5. The molecule has 0 fully saturated rings. The molecule has 0 aliphatic heterocycles. The van der Waals surface area contributed by atoms with Crippen molar-refractivity contribution in [2.45, 2.75) is 0 Å². The largest absolute Gasteiger partial charge is 0.381 e. The summed E-state index contributed by atoms with van der Waals surface area (Å²) in [6.45, 7) is 0. The SMILES string of the molecule is N=C(N)c1nc2ccccc2c(=O)[nH]1. The summed E-state index contributed by atoms with van der Waals surface area (Å²) in [5, 5.41) is 7.65. The van der Waals surface area contributed by atoms with Crippen LogP contribution in [0.3, 0.4) is 0 Å². The highest BCUT2D eigenvalue weighted by Gasteiger charge is 2.03. The third-order valence-corrected chi connectivity index (χ3v) is 1.87. The van der Waals surface area contributed by atoms with E-state index in [2.05, 4.69) is 9.97 Å². The number of nitrogens with zero attached hydrogens (tertiary/aromatic N) is 1. The molecule has 70 valence electrons. The molecule has 14 heavy (non-hydrogen) atoms. The number of benzene rings is 1. The summed E-state index contributed by atoms with van der Waals surface area (Å²) in [5.74, 6) is -0.137. The molecule has 0 amide bonds. The minimum absolute atomic E-state index is 0.105. The molecule has 5 heteroatoms. The van der Waals surface area contributed by atoms with Gasteiger partial charge < -0.3 is 10.7 Å². The number of para-hydroxylation sites is 1. The van der Waals surface area contributed by atoms with Crippen LogP contribution in [0.4, 0.5) is 0 Å². The lowest BCUT2D eigenvalue weighted by atomic mass is 10.2. The lowest BCUT2D eigenvalue weighted by Gasteiger charge is -1.99. The van der Waals surface area contributed by atoms with Gasteiger partial charge in [0.25, 0.3) is 5.56 Å².